The molecule has 2 aromatic carbocycles. The number of aryl methyl sites for hydroxylation is 1. The lowest BCUT2D eigenvalue weighted by Crippen LogP contribution is -2.40. The number of benzene rings is 2. The monoisotopic (exact) mass is 440 g/mol. The molecule has 5 nitrogen and oxygen atoms in total. The maximum atomic E-state index is 12.2. The Hall–Kier alpha value is -1.70. The van der Waals surface area contributed by atoms with Crippen molar-refractivity contribution in [2.24, 2.45) is 0 Å². The molecule has 0 heterocycles. The summed E-state index contributed by atoms with van der Waals surface area (Å²) in [5.41, 5.74) is 2.50. The molecule has 0 bridgehead atoms. The summed E-state index contributed by atoms with van der Waals surface area (Å²) in [5.74, 6) is 1.51. The van der Waals surface area contributed by atoms with E-state index in [9.17, 15) is 13.2 Å². The highest BCUT2D eigenvalue weighted by Crippen LogP contribution is 2.24. The van der Waals surface area contributed by atoms with E-state index in [0.717, 1.165) is 34.1 Å². The fourth-order valence-electron chi connectivity index (χ4n) is 2.49. The highest BCUT2D eigenvalue weighted by molar-refractivity contribution is 7.98. The quantitative estimate of drug-likeness (QED) is 0.570. The Labute approximate surface area is 176 Å². The van der Waals surface area contributed by atoms with Crippen LogP contribution in [-0.4, -0.2) is 39.4 Å². The van der Waals surface area contributed by atoms with Gasteiger partial charge in [0.1, 0.15) is 6.54 Å². The molecule has 0 radical (unpaired) electrons. The summed E-state index contributed by atoms with van der Waals surface area (Å²) in [6.45, 7) is 2.07. The van der Waals surface area contributed by atoms with E-state index in [0.29, 0.717) is 17.3 Å². The largest absolute Gasteiger partial charge is 0.354 e. The van der Waals surface area contributed by atoms with E-state index in [1.165, 1.54) is 5.56 Å². The van der Waals surface area contributed by atoms with Gasteiger partial charge in [-0.05, 0) is 42.4 Å². The minimum Gasteiger partial charge on any atom is -0.354 e. The molecule has 8 heteroatoms. The molecule has 0 aliphatic carbocycles. The van der Waals surface area contributed by atoms with Gasteiger partial charge in [0.2, 0.25) is 15.9 Å². The van der Waals surface area contributed by atoms with E-state index in [2.05, 4.69) is 17.4 Å². The second kappa shape index (κ2) is 10.7. The first kappa shape index (κ1) is 22.6. The first-order valence-electron chi connectivity index (χ1n) is 8.89. The zero-order valence-corrected chi connectivity index (χ0v) is 18.4. The number of halogens is 1. The molecule has 0 aromatic heterocycles. The van der Waals surface area contributed by atoms with Gasteiger partial charge in [-0.25, -0.2) is 8.42 Å². The summed E-state index contributed by atoms with van der Waals surface area (Å²) in [6, 6.07) is 15.2. The molecule has 0 saturated carbocycles. The lowest BCUT2D eigenvalue weighted by atomic mass is 10.2. The van der Waals surface area contributed by atoms with Crippen LogP contribution in [0.4, 0.5) is 5.69 Å². The van der Waals surface area contributed by atoms with E-state index in [1.807, 2.05) is 25.1 Å². The number of nitrogens with zero attached hydrogens (tertiary/aromatic N) is 1. The molecule has 0 spiro atoms. The Morgan fingerprint density at radius 2 is 1.89 bits per heavy atom. The van der Waals surface area contributed by atoms with Crippen LogP contribution in [0.15, 0.2) is 48.5 Å². The number of sulfonamides is 1. The summed E-state index contributed by atoms with van der Waals surface area (Å²) in [7, 11) is -3.60. The van der Waals surface area contributed by atoms with Gasteiger partial charge < -0.3 is 5.32 Å². The molecular formula is C20H25ClN2O3S2. The van der Waals surface area contributed by atoms with Crippen LogP contribution >= 0.6 is 23.4 Å². The zero-order valence-electron chi connectivity index (χ0n) is 16.0. The molecule has 0 atom stereocenters. The van der Waals surface area contributed by atoms with Crippen LogP contribution in [0, 0.1) is 6.92 Å². The third-order valence-corrected chi connectivity index (χ3v) is 6.69. The SMILES string of the molecule is Cc1ccc(N(CC(=O)NCCCSCc2ccccc2)S(C)(=O)=O)cc1Cl. The number of thioether (sulfide) groups is 1. The van der Waals surface area contributed by atoms with Crippen LogP contribution in [0.1, 0.15) is 17.5 Å². The summed E-state index contributed by atoms with van der Waals surface area (Å²) in [4.78, 5) is 12.2. The molecule has 2 aromatic rings. The Kier molecular flexibility index (Phi) is 8.66. The fraction of sp³-hybridized carbons (Fsp3) is 0.350. The summed E-state index contributed by atoms with van der Waals surface area (Å²) < 4.78 is 25.3. The smallest absolute Gasteiger partial charge is 0.240 e. The lowest BCUT2D eigenvalue weighted by Gasteiger charge is -2.22. The van der Waals surface area contributed by atoms with Crippen LogP contribution in [0.3, 0.4) is 0 Å². The van der Waals surface area contributed by atoms with E-state index < -0.39 is 10.0 Å². The van der Waals surface area contributed by atoms with Crippen molar-refractivity contribution in [3.8, 4) is 0 Å². The number of carbonyl (C=O) groups excluding carboxylic acids is 1. The van der Waals surface area contributed by atoms with Crippen LogP contribution < -0.4 is 9.62 Å². The molecule has 2 rings (SSSR count). The number of nitrogens with one attached hydrogen (secondary N) is 1. The van der Waals surface area contributed by atoms with Gasteiger partial charge in [0.25, 0.3) is 0 Å². The fourth-order valence-corrected chi connectivity index (χ4v) is 4.43. The standard InChI is InChI=1S/C20H25ClN2O3S2/c1-16-9-10-18(13-19(16)21)23(28(2,25)26)14-20(24)22-11-6-12-27-15-17-7-4-3-5-8-17/h3-5,7-10,13H,6,11-12,14-15H2,1-2H3,(H,22,24). The van der Waals surface area contributed by atoms with Gasteiger partial charge >= 0.3 is 0 Å². The van der Waals surface area contributed by atoms with E-state index >= 15 is 0 Å². The molecule has 152 valence electrons. The molecule has 1 N–H and O–H groups in total. The molecule has 0 aliphatic rings. The van der Waals surface area contributed by atoms with Crippen LogP contribution in [0.25, 0.3) is 0 Å². The van der Waals surface area contributed by atoms with Crippen molar-refractivity contribution in [1.82, 2.24) is 5.32 Å². The predicted molar refractivity (Wildman–Crippen MR) is 119 cm³/mol. The van der Waals surface area contributed by atoms with Gasteiger partial charge in [0.05, 0.1) is 11.9 Å². The third kappa shape index (κ3) is 7.37. The molecule has 28 heavy (non-hydrogen) atoms. The van der Waals surface area contributed by atoms with Gasteiger partial charge in [-0.2, -0.15) is 11.8 Å². The first-order chi connectivity index (χ1) is 13.3. The number of carbonyl (C=O) groups is 1. The van der Waals surface area contributed by atoms with E-state index in [4.69, 9.17) is 11.6 Å². The van der Waals surface area contributed by atoms with Gasteiger partial charge in [-0.15, -0.1) is 0 Å². The minimum atomic E-state index is -3.60. The molecule has 0 unspecified atom stereocenters. The van der Waals surface area contributed by atoms with Crippen LogP contribution in [0.5, 0.6) is 0 Å². The van der Waals surface area contributed by atoms with Gasteiger partial charge in [-0.1, -0.05) is 48.0 Å². The normalized spacial score (nSPS) is 11.2. The number of hydrogen-bond acceptors (Lipinski definition) is 4. The Balaban J connectivity index is 1.79. The molecule has 0 fully saturated rings. The molecule has 1 amide bonds. The average molecular weight is 441 g/mol. The number of anilines is 1. The Morgan fingerprint density at radius 1 is 1.18 bits per heavy atom. The van der Waals surface area contributed by atoms with Crippen molar-refractivity contribution in [3.05, 3.63) is 64.7 Å². The summed E-state index contributed by atoms with van der Waals surface area (Å²) in [5, 5.41) is 3.25. The first-order valence-corrected chi connectivity index (χ1v) is 12.3. The Bertz CT molecular complexity index is 890. The van der Waals surface area contributed by atoms with E-state index in [1.54, 1.807) is 30.0 Å². The van der Waals surface area contributed by atoms with Crippen LogP contribution in [0.2, 0.25) is 5.02 Å². The van der Waals surface area contributed by atoms with Crippen molar-refractivity contribution in [2.45, 2.75) is 19.1 Å². The number of amides is 1. The number of hydrogen-bond donors (Lipinski definition) is 1. The van der Waals surface area contributed by atoms with Crippen molar-refractivity contribution in [1.29, 1.82) is 0 Å². The zero-order chi connectivity index (χ0) is 20.6. The lowest BCUT2D eigenvalue weighted by molar-refractivity contribution is -0.119. The minimum absolute atomic E-state index is 0.268. The van der Waals surface area contributed by atoms with Crippen molar-refractivity contribution in [3.63, 3.8) is 0 Å². The second-order valence-electron chi connectivity index (χ2n) is 6.44. The topological polar surface area (TPSA) is 66.5 Å². The second-order valence-corrected chi connectivity index (χ2v) is 9.86. The van der Waals surface area contributed by atoms with Crippen molar-refractivity contribution in [2.75, 3.05) is 29.4 Å². The van der Waals surface area contributed by atoms with E-state index in [-0.39, 0.29) is 12.5 Å². The number of rotatable bonds is 10. The summed E-state index contributed by atoms with van der Waals surface area (Å²) >= 11 is 7.90. The van der Waals surface area contributed by atoms with Gasteiger partial charge in [0.15, 0.2) is 0 Å². The van der Waals surface area contributed by atoms with Gasteiger partial charge in [0, 0.05) is 17.3 Å². The van der Waals surface area contributed by atoms with Crippen molar-refractivity contribution >= 4 is 45.0 Å². The van der Waals surface area contributed by atoms with Crippen molar-refractivity contribution < 1.29 is 13.2 Å². The Morgan fingerprint density at radius 3 is 2.54 bits per heavy atom. The highest BCUT2D eigenvalue weighted by atomic mass is 35.5. The van der Waals surface area contributed by atoms with Gasteiger partial charge in [-0.3, -0.25) is 9.10 Å². The third-order valence-electron chi connectivity index (χ3n) is 4.03. The molecule has 0 saturated heterocycles. The molecular weight excluding hydrogens is 416 g/mol. The predicted octanol–water partition coefficient (Wildman–Crippen LogP) is 3.85. The summed E-state index contributed by atoms with van der Waals surface area (Å²) in [6.07, 6.45) is 1.90. The average Bonchev–Trinajstić information content (AvgIpc) is 2.65. The van der Waals surface area contributed by atoms with Crippen LogP contribution in [-0.2, 0) is 20.6 Å². The highest BCUT2D eigenvalue weighted by Gasteiger charge is 2.21. The molecule has 0 aliphatic heterocycles. The maximum absolute atomic E-state index is 12.2. The maximum Gasteiger partial charge on any atom is 0.240 e.